The van der Waals surface area contributed by atoms with Crippen LogP contribution in [-0.2, 0) is 4.79 Å². The molecule has 1 aromatic rings. The van der Waals surface area contributed by atoms with Crippen LogP contribution in [0.5, 0.6) is 0 Å². The summed E-state index contributed by atoms with van der Waals surface area (Å²) < 4.78 is 1.22. The van der Waals surface area contributed by atoms with E-state index in [0.29, 0.717) is 11.8 Å². The maximum atomic E-state index is 10.7. The maximum Gasteiger partial charge on any atom is 0.211 e. The SMILES string of the molecule is CC(C)c1cc(I)cc(C(C)C)c1NC=O. The van der Waals surface area contributed by atoms with Gasteiger partial charge >= 0.3 is 0 Å². The first-order valence-electron chi connectivity index (χ1n) is 5.50. The number of hydrogen-bond acceptors (Lipinski definition) is 1. The van der Waals surface area contributed by atoms with Crippen molar-refractivity contribution in [3.63, 3.8) is 0 Å². The Balaban J connectivity index is 3.40. The maximum absolute atomic E-state index is 10.7. The first-order valence-corrected chi connectivity index (χ1v) is 6.58. The molecule has 0 aromatic heterocycles. The third-order valence-electron chi connectivity index (χ3n) is 2.61. The molecule has 0 saturated carbocycles. The molecule has 2 nitrogen and oxygen atoms in total. The molecule has 1 aromatic carbocycles. The van der Waals surface area contributed by atoms with Crippen LogP contribution in [0.4, 0.5) is 5.69 Å². The minimum atomic E-state index is 0.412. The van der Waals surface area contributed by atoms with Gasteiger partial charge in [-0.15, -0.1) is 0 Å². The molecule has 0 radical (unpaired) electrons. The van der Waals surface area contributed by atoms with Gasteiger partial charge in [0.25, 0.3) is 0 Å². The van der Waals surface area contributed by atoms with Gasteiger partial charge in [0.2, 0.25) is 6.41 Å². The topological polar surface area (TPSA) is 29.1 Å². The number of benzene rings is 1. The Bertz CT molecular complexity index is 357. The summed E-state index contributed by atoms with van der Waals surface area (Å²) in [5, 5.41) is 2.85. The van der Waals surface area contributed by atoms with Crippen LogP contribution in [0.1, 0.15) is 50.7 Å². The number of anilines is 1. The normalized spacial score (nSPS) is 10.9. The van der Waals surface area contributed by atoms with Crippen molar-refractivity contribution in [3.05, 3.63) is 26.8 Å². The molecule has 1 N–H and O–H groups in total. The van der Waals surface area contributed by atoms with Gasteiger partial charge in [-0.1, -0.05) is 27.7 Å². The molecule has 0 unspecified atom stereocenters. The Kier molecular flexibility index (Phi) is 4.77. The van der Waals surface area contributed by atoms with Crippen LogP contribution in [0, 0.1) is 3.57 Å². The average molecular weight is 331 g/mol. The second kappa shape index (κ2) is 5.66. The van der Waals surface area contributed by atoms with Crippen LogP contribution in [0.2, 0.25) is 0 Å². The fraction of sp³-hybridized carbons (Fsp3) is 0.462. The highest BCUT2D eigenvalue weighted by Crippen LogP contribution is 2.33. The Morgan fingerprint density at radius 3 is 1.88 bits per heavy atom. The van der Waals surface area contributed by atoms with Gasteiger partial charge in [0.15, 0.2) is 0 Å². The van der Waals surface area contributed by atoms with Gasteiger partial charge in [0, 0.05) is 9.26 Å². The fourth-order valence-corrected chi connectivity index (χ4v) is 2.46. The van der Waals surface area contributed by atoms with E-state index in [-0.39, 0.29) is 0 Å². The molecule has 0 fully saturated rings. The number of halogens is 1. The summed E-state index contributed by atoms with van der Waals surface area (Å²) in [6, 6.07) is 4.28. The zero-order valence-corrected chi connectivity index (χ0v) is 12.3. The van der Waals surface area contributed by atoms with Gasteiger partial charge < -0.3 is 5.32 Å². The van der Waals surface area contributed by atoms with E-state index in [0.717, 1.165) is 12.1 Å². The molecule has 16 heavy (non-hydrogen) atoms. The van der Waals surface area contributed by atoms with Gasteiger partial charge in [-0.3, -0.25) is 4.79 Å². The van der Waals surface area contributed by atoms with E-state index in [9.17, 15) is 4.79 Å². The van der Waals surface area contributed by atoms with Crippen LogP contribution in [0.25, 0.3) is 0 Å². The number of amides is 1. The minimum absolute atomic E-state index is 0.412. The van der Waals surface area contributed by atoms with Gasteiger partial charge in [0.1, 0.15) is 0 Å². The van der Waals surface area contributed by atoms with E-state index in [4.69, 9.17) is 0 Å². The van der Waals surface area contributed by atoms with Crippen molar-refractivity contribution >= 4 is 34.7 Å². The van der Waals surface area contributed by atoms with Gasteiger partial charge in [-0.2, -0.15) is 0 Å². The largest absolute Gasteiger partial charge is 0.328 e. The summed E-state index contributed by atoms with van der Waals surface area (Å²) in [7, 11) is 0. The van der Waals surface area contributed by atoms with Crippen LogP contribution in [-0.4, -0.2) is 6.41 Å². The van der Waals surface area contributed by atoms with Crippen molar-refractivity contribution in [1.82, 2.24) is 0 Å². The lowest BCUT2D eigenvalue weighted by Gasteiger charge is -2.19. The monoisotopic (exact) mass is 331 g/mol. The van der Waals surface area contributed by atoms with E-state index >= 15 is 0 Å². The molecule has 1 amide bonds. The number of carbonyl (C=O) groups excluding carboxylic acids is 1. The van der Waals surface area contributed by atoms with Crippen molar-refractivity contribution in [2.45, 2.75) is 39.5 Å². The van der Waals surface area contributed by atoms with Crippen molar-refractivity contribution in [1.29, 1.82) is 0 Å². The van der Waals surface area contributed by atoms with Crippen LogP contribution >= 0.6 is 22.6 Å². The summed E-state index contributed by atoms with van der Waals surface area (Å²) in [5.74, 6) is 0.823. The Morgan fingerprint density at radius 1 is 1.12 bits per heavy atom. The second-order valence-electron chi connectivity index (χ2n) is 4.53. The van der Waals surface area contributed by atoms with Crippen LogP contribution in [0.15, 0.2) is 12.1 Å². The molecule has 0 aliphatic rings. The van der Waals surface area contributed by atoms with E-state index < -0.39 is 0 Å². The lowest BCUT2D eigenvalue weighted by Crippen LogP contribution is -2.06. The summed E-state index contributed by atoms with van der Waals surface area (Å²) in [6.07, 6.45) is 0.764. The average Bonchev–Trinajstić information content (AvgIpc) is 2.19. The molecular formula is C13H18INO. The van der Waals surface area contributed by atoms with Gasteiger partial charge in [0.05, 0.1) is 0 Å². The molecule has 0 aliphatic heterocycles. The van der Waals surface area contributed by atoms with Crippen LogP contribution in [0.3, 0.4) is 0 Å². The molecule has 0 heterocycles. The van der Waals surface area contributed by atoms with Crippen molar-refractivity contribution in [2.75, 3.05) is 5.32 Å². The smallest absolute Gasteiger partial charge is 0.211 e. The molecule has 0 bridgehead atoms. The zero-order chi connectivity index (χ0) is 12.3. The fourth-order valence-electron chi connectivity index (χ4n) is 1.79. The van der Waals surface area contributed by atoms with Gasteiger partial charge in [-0.05, 0) is 57.7 Å². The van der Waals surface area contributed by atoms with E-state index in [2.05, 4.69) is 67.7 Å². The molecule has 0 spiro atoms. The lowest BCUT2D eigenvalue weighted by molar-refractivity contribution is -0.105. The van der Waals surface area contributed by atoms with Crippen molar-refractivity contribution in [3.8, 4) is 0 Å². The molecule has 3 heteroatoms. The summed E-state index contributed by atoms with van der Waals surface area (Å²) >= 11 is 2.33. The highest BCUT2D eigenvalue weighted by Gasteiger charge is 2.14. The first kappa shape index (κ1) is 13.5. The van der Waals surface area contributed by atoms with E-state index in [1.54, 1.807) is 0 Å². The molecule has 0 atom stereocenters. The molecule has 0 saturated heterocycles. The Morgan fingerprint density at radius 2 is 1.56 bits per heavy atom. The van der Waals surface area contributed by atoms with Gasteiger partial charge in [-0.25, -0.2) is 0 Å². The number of carbonyl (C=O) groups is 1. The highest BCUT2D eigenvalue weighted by atomic mass is 127. The molecular weight excluding hydrogens is 313 g/mol. The lowest BCUT2D eigenvalue weighted by atomic mass is 9.93. The highest BCUT2D eigenvalue weighted by molar-refractivity contribution is 14.1. The molecule has 1 rings (SSSR count). The predicted octanol–water partition coefficient (Wildman–Crippen LogP) is 4.11. The number of rotatable bonds is 4. The van der Waals surface area contributed by atoms with E-state index in [1.807, 2.05) is 0 Å². The van der Waals surface area contributed by atoms with Crippen molar-refractivity contribution in [2.24, 2.45) is 0 Å². The molecule has 88 valence electrons. The molecule has 0 aliphatic carbocycles. The second-order valence-corrected chi connectivity index (χ2v) is 5.78. The summed E-state index contributed by atoms with van der Waals surface area (Å²) in [4.78, 5) is 10.7. The number of hydrogen-bond donors (Lipinski definition) is 1. The van der Waals surface area contributed by atoms with Crippen molar-refractivity contribution < 1.29 is 4.79 Å². The van der Waals surface area contributed by atoms with E-state index in [1.165, 1.54) is 14.7 Å². The minimum Gasteiger partial charge on any atom is -0.328 e. The summed E-state index contributed by atoms with van der Waals surface area (Å²) in [6.45, 7) is 8.58. The van der Waals surface area contributed by atoms with Crippen LogP contribution < -0.4 is 5.32 Å². The zero-order valence-electron chi connectivity index (χ0n) is 10.2. The number of nitrogens with one attached hydrogen (secondary N) is 1. The Labute approximate surface area is 111 Å². The quantitative estimate of drug-likeness (QED) is 0.653. The summed E-state index contributed by atoms with van der Waals surface area (Å²) in [5.41, 5.74) is 3.41. The third-order valence-corrected chi connectivity index (χ3v) is 3.23. The predicted molar refractivity (Wildman–Crippen MR) is 77.0 cm³/mol. The Hall–Kier alpha value is -0.580. The third kappa shape index (κ3) is 2.97. The first-order chi connectivity index (χ1) is 7.47. The standard InChI is InChI=1S/C13H18INO/c1-8(2)11-5-10(14)6-12(9(3)4)13(11)15-7-16/h5-9H,1-4H3,(H,15,16).